The highest BCUT2D eigenvalue weighted by atomic mass is 16.5. The quantitative estimate of drug-likeness (QED) is 0.131. The van der Waals surface area contributed by atoms with Crippen molar-refractivity contribution in [2.75, 3.05) is 26.2 Å². The molecule has 2 heterocycles. The van der Waals surface area contributed by atoms with E-state index in [1.807, 2.05) is 48.5 Å². The maximum Gasteiger partial charge on any atom is 0.335 e. The van der Waals surface area contributed by atoms with Crippen molar-refractivity contribution in [1.29, 1.82) is 0 Å². The summed E-state index contributed by atoms with van der Waals surface area (Å²) in [4.78, 5) is 28.0. The van der Waals surface area contributed by atoms with Crippen LogP contribution in [0.2, 0.25) is 0 Å². The minimum absolute atomic E-state index is 0.146. The number of carboxylic acids is 1. The summed E-state index contributed by atoms with van der Waals surface area (Å²) < 4.78 is 7.84. The summed E-state index contributed by atoms with van der Waals surface area (Å²) in [5.74, 6) is -0.478. The van der Waals surface area contributed by atoms with Gasteiger partial charge in [-0.05, 0) is 68.2 Å². The first-order valence-electron chi connectivity index (χ1n) is 14.0. The largest absolute Gasteiger partial charge is 0.494 e. The molecule has 0 fully saturated rings. The number of fused-ring (bicyclic) bond motifs is 1. The molecule has 204 valence electrons. The average molecular weight is 527 g/mol. The zero-order valence-electron chi connectivity index (χ0n) is 22.9. The number of pyridine rings is 1. The van der Waals surface area contributed by atoms with Gasteiger partial charge in [0.05, 0.1) is 12.2 Å². The van der Waals surface area contributed by atoms with E-state index in [0.717, 1.165) is 37.2 Å². The Kier molecular flexibility index (Phi) is 9.92. The SMILES string of the molecule is CCCCN(CCCC)CCCOc1cccc(C(=O)c2c(-c3ccccc3)cc3cc(C(=O)O)ccn23)c1. The highest BCUT2D eigenvalue weighted by Crippen LogP contribution is 2.31. The Morgan fingerprint density at radius 3 is 2.23 bits per heavy atom. The Balaban J connectivity index is 1.54. The van der Waals surface area contributed by atoms with Crippen LogP contribution in [-0.2, 0) is 0 Å². The van der Waals surface area contributed by atoms with Gasteiger partial charge in [0.1, 0.15) is 11.4 Å². The predicted octanol–water partition coefficient (Wildman–Crippen LogP) is 7.21. The summed E-state index contributed by atoms with van der Waals surface area (Å²) in [7, 11) is 0. The number of unbranched alkanes of at least 4 members (excludes halogenated alkanes) is 2. The van der Waals surface area contributed by atoms with Crippen molar-refractivity contribution < 1.29 is 19.4 Å². The van der Waals surface area contributed by atoms with Crippen LogP contribution in [0.25, 0.3) is 16.6 Å². The molecule has 0 spiro atoms. The van der Waals surface area contributed by atoms with E-state index >= 15 is 0 Å². The molecular weight excluding hydrogens is 488 g/mol. The van der Waals surface area contributed by atoms with Crippen molar-refractivity contribution in [3.8, 4) is 16.9 Å². The van der Waals surface area contributed by atoms with E-state index in [0.29, 0.717) is 29.1 Å². The molecule has 6 nitrogen and oxygen atoms in total. The second-order valence-electron chi connectivity index (χ2n) is 9.90. The molecule has 1 N–H and O–H groups in total. The van der Waals surface area contributed by atoms with Gasteiger partial charge >= 0.3 is 5.97 Å². The van der Waals surface area contributed by atoms with Crippen LogP contribution in [0, 0.1) is 0 Å². The fourth-order valence-corrected chi connectivity index (χ4v) is 4.82. The first-order valence-corrected chi connectivity index (χ1v) is 14.0. The van der Waals surface area contributed by atoms with Crippen LogP contribution in [0.15, 0.2) is 79.0 Å². The third-order valence-electron chi connectivity index (χ3n) is 6.96. The van der Waals surface area contributed by atoms with Gasteiger partial charge in [0.15, 0.2) is 0 Å². The van der Waals surface area contributed by atoms with E-state index in [2.05, 4.69) is 18.7 Å². The molecule has 0 aliphatic carbocycles. The van der Waals surface area contributed by atoms with Gasteiger partial charge < -0.3 is 19.1 Å². The molecule has 4 aromatic rings. The van der Waals surface area contributed by atoms with Crippen molar-refractivity contribution in [3.05, 3.63) is 95.8 Å². The van der Waals surface area contributed by atoms with E-state index in [4.69, 9.17) is 4.74 Å². The Hall–Kier alpha value is -3.90. The molecule has 39 heavy (non-hydrogen) atoms. The lowest BCUT2D eigenvalue weighted by molar-refractivity contribution is 0.0696. The van der Waals surface area contributed by atoms with Gasteiger partial charge in [-0.3, -0.25) is 4.79 Å². The lowest BCUT2D eigenvalue weighted by atomic mass is 10.00. The number of carbonyl (C=O) groups excluding carboxylic acids is 1. The standard InChI is InChI=1S/C33H38N2O4/c1-3-5-17-34(18-6-4-2)19-11-21-39-29-15-10-14-26(23-29)32(36)31-30(25-12-8-7-9-13-25)24-28-22-27(33(37)38)16-20-35(28)31/h7-10,12-16,20,22-24H,3-6,11,17-19,21H2,1-2H3,(H,37,38). The summed E-state index contributed by atoms with van der Waals surface area (Å²) in [6.45, 7) is 8.30. The van der Waals surface area contributed by atoms with Crippen LogP contribution in [-0.4, -0.2) is 52.4 Å². The Morgan fingerprint density at radius 1 is 0.821 bits per heavy atom. The van der Waals surface area contributed by atoms with Gasteiger partial charge in [-0.2, -0.15) is 0 Å². The van der Waals surface area contributed by atoms with Crippen LogP contribution in [0.3, 0.4) is 0 Å². The molecule has 0 radical (unpaired) electrons. The van der Waals surface area contributed by atoms with Crippen LogP contribution < -0.4 is 4.74 Å². The summed E-state index contributed by atoms with van der Waals surface area (Å²) in [5.41, 5.74) is 3.50. The van der Waals surface area contributed by atoms with E-state index in [9.17, 15) is 14.7 Å². The fraction of sp³-hybridized carbons (Fsp3) is 0.333. The van der Waals surface area contributed by atoms with Crippen molar-refractivity contribution in [1.82, 2.24) is 9.30 Å². The lowest BCUT2D eigenvalue weighted by Crippen LogP contribution is -2.28. The van der Waals surface area contributed by atoms with Gasteiger partial charge in [-0.15, -0.1) is 0 Å². The van der Waals surface area contributed by atoms with Gasteiger partial charge in [-0.1, -0.05) is 69.2 Å². The number of ether oxygens (including phenoxy) is 1. The monoisotopic (exact) mass is 526 g/mol. The number of benzene rings is 2. The molecule has 2 aromatic carbocycles. The molecule has 0 atom stereocenters. The molecule has 0 amide bonds. The fourth-order valence-electron chi connectivity index (χ4n) is 4.82. The molecule has 0 saturated heterocycles. The number of carbonyl (C=O) groups is 2. The Morgan fingerprint density at radius 2 is 1.54 bits per heavy atom. The third kappa shape index (κ3) is 7.15. The maximum absolute atomic E-state index is 13.9. The number of aromatic nitrogens is 1. The zero-order chi connectivity index (χ0) is 27.6. The smallest absolute Gasteiger partial charge is 0.335 e. The van der Waals surface area contributed by atoms with E-state index in [1.165, 1.54) is 31.7 Å². The van der Waals surface area contributed by atoms with Crippen molar-refractivity contribution in [2.24, 2.45) is 0 Å². The first kappa shape index (κ1) is 28.1. The summed E-state index contributed by atoms with van der Waals surface area (Å²) in [6, 6.07) is 22.0. The number of aromatic carboxylic acids is 1. The topological polar surface area (TPSA) is 71.2 Å². The normalized spacial score (nSPS) is 11.3. The number of hydrogen-bond donors (Lipinski definition) is 1. The molecule has 0 unspecified atom stereocenters. The van der Waals surface area contributed by atoms with Crippen molar-refractivity contribution in [3.63, 3.8) is 0 Å². The van der Waals surface area contributed by atoms with Gasteiger partial charge in [0, 0.05) is 29.4 Å². The first-order chi connectivity index (χ1) is 19.0. The van der Waals surface area contributed by atoms with Gasteiger partial charge in [0.2, 0.25) is 5.78 Å². The van der Waals surface area contributed by atoms with Crippen LogP contribution >= 0.6 is 0 Å². The van der Waals surface area contributed by atoms with Crippen LogP contribution in [0.1, 0.15) is 72.4 Å². The Labute approximate surface area is 230 Å². The minimum atomic E-state index is -1.00. The lowest BCUT2D eigenvalue weighted by Gasteiger charge is -2.21. The summed E-state index contributed by atoms with van der Waals surface area (Å²) in [6.07, 6.45) is 7.41. The number of nitrogens with zero attached hydrogens (tertiary/aromatic N) is 2. The van der Waals surface area contributed by atoms with Crippen LogP contribution in [0.4, 0.5) is 0 Å². The van der Waals surface area contributed by atoms with E-state index in [1.54, 1.807) is 28.8 Å². The number of rotatable bonds is 15. The minimum Gasteiger partial charge on any atom is -0.494 e. The molecule has 0 aliphatic rings. The van der Waals surface area contributed by atoms with Gasteiger partial charge in [0.25, 0.3) is 0 Å². The molecule has 4 rings (SSSR count). The highest BCUT2D eigenvalue weighted by Gasteiger charge is 2.21. The van der Waals surface area contributed by atoms with E-state index in [-0.39, 0.29) is 11.3 Å². The molecular formula is C33H38N2O4. The Bertz CT molecular complexity index is 1390. The van der Waals surface area contributed by atoms with Crippen LogP contribution in [0.5, 0.6) is 5.75 Å². The third-order valence-corrected chi connectivity index (χ3v) is 6.96. The molecule has 0 saturated carbocycles. The summed E-state index contributed by atoms with van der Waals surface area (Å²) >= 11 is 0. The predicted molar refractivity (Wildman–Crippen MR) is 156 cm³/mol. The zero-order valence-corrected chi connectivity index (χ0v) is 22.9. The van der Waals surface area contributed by atoms with E-state index < -0.39 is 5.97 Å². The second kappa shape index (κ2) is 13.8. The molecule has 0 aliphatic heterocycles. The average Bonchev–Trinajstić information content (AvgIpc) is 3.35. The number of ketones is 1. The number of hydrogen-bond acceptors (Lipinski definition) is 4. The van der Waals surface area contributed by atoms with Crippen molar-refractivity contribution >= 4 is 17.3 Å². The molecule has 2 aromatic heterocycles. The number of carboxylic acid groups (broad SMARTS) is 1. The highest BCUT2D eigenvalue weighted by molar-refractivity contribution is 6.13. The van der Waals surface area contributed by atoms with Crippen molar-refractivity contribution in [2.45, 2.75) is 46.0 Å². The van der Waals surface area contributed by atoms with Gasteiger partial charge in [-0.25, -0.2) is 4.79 Å². The molecule has 6 heteroatoms. The second-order valence-corrected chi connectivity index (χ2v) is 9.90. The molecule has 0 bridgehead atoms. The maximum atomic E-state index is 13.9. The summed E-state index contributed by atoms with van der Waals surface area (Å²) in [5, 5.41) is 9.46.